The van der Waals surface area contributed by atoms with Crippen molar-refractivity contribution in [3.63, 3.8) is 0 Å². The zero-order valence-corrected chi connectivity index (χ0v) is 25.1. The predicted molar refractivity (Wildman–Crippen MR) is 161 cm³/mol. The molecule has 7 nitrogen and oxygen atoms in total. The van der Waals surface area contributed by atoms with Gasteiger partial charge in [-0.15, -0.1) is 0 Å². The van der Waals surface area contributed by atoms with Gasteiger partial charge in [-0.1, -0.05) is 74.0 Å². The Morgan fingerprint density at radius 3 is 2.12 bits per heavy atom. The number of aryl methyl sites for hydroxylation is 1. The van der Waals surface area contributed by atoms with Crippen LogP contribution in [0.2, 0.25) is 5.02 Å². The SMILES string of the molecule is CCC(C)NC(=O)C(CC)N(CCc1ccccc1)C(=O)CN(c1ccc(Cl)cc1C)S(=O)(=O)c1ccccc1. The predicted octanol–water partition coefficient (Wildman–Crippen LogP) is 5.61. The highest BCUT2D eigenvalue weighted by molar-refractivity contribution is 7.92. The van der Waals surface area contributed by atoms with E-state index < -0.39 is 28.5 Å². The van der Waals surface area contributed by atoms with E-state index in [1.165, 1.54) is 17.0 Å². The average molecular weight is 584 g/mol. The first-order valence-electron chi connectivity index (χ1n) is 13.6. The van der Waals surface area contributed by atoms with Crippen LogP contribution in [-0.2, 0) is 26.0 Å². The number of carbonyl (C=O) groups excluding carboxylic acids is 2. The van der Waals surface area contributed by atoms with Crippen molar-refractivity contribution < 1.29 is 18.0 Å². The topological polar surface area (TPSA) is 86.8 Å². The number of sulfonamides is 1. The third kappa shape index (κ3) is 7.86. The van der Waals surface area contributed by atoms with Gasteiger partial charge in [-0.2, -0.15) is 0 Å². The molecule has 0 saturated carbocycles. The molecule has 214 valence electrons. The third-order valence-electron chi connectivity index (χ3n) is 6.91. The lowest BCUT2D eigenvalue weighted by Gasteiger charge is -2.34. The Balaban J connectivity index is 2.03. The molecule has 0 heterocycles. The molecule has 0 spiro atoms. The molecule has 9 heteroatoms. The summed E-state index contributed by atoms with van der Waals surface area (Å²) in [5.74, 6) is -0.714. The van der Waals surface area contributed by atoms with Gasteiger partial charge in [0.05, 0.1) is 10.6 Å². The van der Waals surface area contributed by atoms with Crippen molar-refractivity contribution in [1.29, 1.82) is 0 Å². The van der Waals surface area contributed by atoms with Crippen molar-refractivity contribution in [2.45, 2.75) is 63.9 Å². The maximum atomic E-state index is 14.1. The van der Waals surface area contributed by atoms with Crippen LogP contribution in [0.15, 0.2) is 83.8 Å². The molecule has 0 aromatic heterocycles. The Hall–Kier alpha value is -3.36. The van der Waals surface area contributed by atoms with Crippen molar-refractivity contribution in [2.75, 3.05) is 17.4 Å². The van der Waals surface area contributed by atoms with Gasteiger partial charge in [0.1, 0.15) is 12.6 Å². The molecule has 0 aliphatic rings. The summed E-state index contributed by atoms with van der Waals surface area (Å²) < 4.78 is 28.9. The van der Waals surface area contributed by atoms with Crippen LogP contribution >= 0.6 is 11.6 Å². The van der Waals surface area contributed by atoms with Crippen molar-refractivity contribution in [3.8, 4) is 0 Å². The van der Waals surface area contributed by atoms with Crippen LogP contribution in [0.3, 0.4) is 0 Å². The Labute approximate surface area is 243 Å². The molecule has 2 unspecified atom stereocenters. The van der Waals surface area contributed by atoms with Gasteiger partial charge < -0.3 is 10.2 Å². The van der Waals surface area contributed by atoms with E-state index in [1.807, 2.05) is 51.1 Å². The Morgan fingerprint density at radius 2 is 1.55 bits per heavy atom. The lowest BCUT2D eigenvalue weighted by molar-refractivity contribution is -0.139. The summed E-state index contributed by atoms with van der Waals surface area (Å²) in [5.41, 5.74) is 1.97. The summed E-state index contributed by atoms with van der Waals surface area (Å²) in [6.45, 7) is 7.28. The standard InChI is InChI=1S/C31H38ClN3O4S/c1-5-24(4)33-31(37)28(6-2)34(20-19-25-13-9-7-10-14-25)30(36)22-35(29-18-17-26(32)21-23(29)3)40(38,39)27-15-11-8-12-16-27/h7-18,21,24,28H,5-6,19-20,22H2,1-4H3,(H,33,37). The highest BCUT2D eigenvalue weighted by Crippen LogP contribution is 2.29. The molecule has 3 aromatic carbocycles. The maximum absolute atomic E-state index is 14.1. The van der Waals surface area contributed by atoms with Crippen LogP contribution in [0.1, 0.15) is 44.7 Å². The molecule has 0 radical (unpaired) electrons. The molecule has 2 amide bonds. The van der Waals surface area contributed by atoms with Crippen LogP contribution < -0.4 is 9.62 Å². The molecule has 0 aliphatic carbocycles. The summed E-state index contributed by atoms with van der Waals surface area (Å²) in [7, 11) is -4.12. The van der Waals surface area contributed by atoms with Crippen LogP contribution in [0, 0.1) is 6.92 Å². The number of hydrogen-bond acceptors (Lipinski definition) is 4. The van der Waals surface area contributed by atoms with E-state index in [4.69, 9.17) is 11.6 Å². The maximum Gasteiger partial charge on any atom is 0.264 e. The summed E-state index contributed by atoms with van der Waals surface area (Å²) in [4.78, 5) is 29.0. The van der Waals surface area contributed by atoms with Gasteiger partial charge in [0, 0.05) is 17.6 Å². The van der Waals surface area contributed by atoms with Gasteiger partial charge in [-0.3, -0.25) is 13.9 Å². The van der Waals surface area contributed by atoms with Crippen LogP contribution in [-0.4, -0.2) is 50.3 Å². The van der Waals surface area contributed by atoms with Gasteiger partial charge in [-0.25, -0.2) is 8.42 Å². The molecule has 3 aromatic rings. The zero-order valence-electron chi connectivity index (χ0n) is 23.5. The first kappa shape index (κ1) is 31.2. The van der Waals surface area contributed by atoms with Gasteiger partial charge in [-0.05, 0) is 74.6 Å². The zero-order chi connectivity index (χ0) is 29.3. The fourth-order valence-corrected chi connectivity index (χ4v) is 6.20. The molecular formula is C31H38ClN3O4S. The smallest absolute Gasteiger partial charge is 0.264 e. The monoisotopic (exact) mass is 583 g/mol. The minimum absolute atomic E-state index is 0.0562. The molecule has 0 saturated heterocycles. The largest absolute Gasteiger partial charge is 0.352 e. The van der Waals surface area contributed by atoms with Crippen LogP contribution in [0.25, 0.3) is 0 Å². The number of nitrogens with one attached hydrogen (secondary N) is 1. The Kier molecular flexibility index (Phi) is 11.2. The van der Waals surface area contributed by atoms with Crippen molar-refractivity contribution in [1.82, 2.24) is 10.2 Å². The minimum Gasteiger partial charge on any atom is -0.352 e. The second kappa shape index (κ2) is 14.3. The lowest BCUT2D eigenvalue weighted by Crippen LogP contribution is -2.54. The fourth-order valence-electron chi connectivity index (χ4n) is 4.47. The number of amides is 2. The van der Waals surface area contributed by atoms with Crippen molar-refractivity contribution in [2.24, 2.45) is 0 Å². The molecule has 3 rings (SSSR count). The van der Waals surface area contributed by atoms with Gasteiger partial charge in [0.2, 0.25) is 11.8 Å². The highest BCUT2D eigenvalue weighted by Gasteiger charge is 2.34. The highest BCUT2D eigenvalue weighted by atomic mass is 35.5. The van der Waals surface area contributed by atoms with Gasteiger partial charge in [0.25, 0.3) is 10.0 Å². The number of hydrogen-bond donors (Lipinski definition) is 1. The average Bonchev–Trinajstić information content (AvgIpc) is 2.95. The lowest BCUT2D eigenvalue weighted by atomic mass is 10.1. The molecule has 1 N–H and O–H groups in total. The van der Waals surface area contributed by atoms with Gasteiger partial charge in [0.15, 0.2) is 0 Å². The van der Waals surface area contributed by atoms with E-state index in [0.29, 0.717) is 29.1 Å². The number of benzene rings is 3. The molecule has 40 heavy (non-hydrogen) atoms. The molecular weight excluding hydrogens is 546 g/mol. The Bertz CT molecular complexity index is 1380. The van der Waals surface area contributed by atoms with E-state index in [0.717, 1.165) is 16.3 Å². The molecule has 0 bridgehead atoms. The van der Waals surface area contributed by atoms with E-state index in [1.54, 1.807) is 43.3 Å². The molecule has 0 aliphatic heterocycles. The normalized spacial score (nSPS) is 12.8. The number of halogens is 1. The number of nitrogens with zero attached hydrogens (tertiary/aromatic N) is 2. The van der Waals surface area contributed by atoms with E-state index in [2.05, 4.69) is 5.32 Å². The number of rotatable bonds is 13. The van der Waals surface area contributed by atoms with E-state index in [9.17, 15) is 18.0 Å². The first-order chi connectivity index (χ1) is 19.1. The summed E-state index contributed by atoms with van der Waals surface area (Å²) in [6, 6.07) is 21.8. The second-order valence-corrected chi connectivity index (χ2v) is 12.1. The first-order valence-corrected chi connectivity index (χ1v) is 15.4. The van der Waals surface area contributed by atoms with E-state index >= 15 is 0 Å². The third-order valence-corrected chi connectivity index (χ3v) is 8.92. The Morgan fingerprint density at radius 1 is 0.925 bits per heavy atom. The van der Waals surface area contributed by atoms with Gasteiger partial charge >= 0.3 is 0 Å². The summed E-state index contributed by atoms with van der Waals surface area (Å²) >= 11 is 6.17. The number of anilines is 1. The quantitative estimate of drug-likeness (QED) is 0.283. The second-order valence-electron chi connectivity index (χ2n) is 9.82. The van der Waals surface area contributed by atoms with Crippen LogP contribution in [0.4, 0.5) is 5.69 Å². The van der Waals surface area contributed by atoms with E-state index in [-0.39, 0.29) is 23.4 Å². The molecule has 0 fully saturated rings. The van der Waals surface area contributed by atoms with Crippen molar-refractivity contribution >= 4 is 39.1 Å². The summed E-state index contributed by atoms with van der Waals surface area (Å²) in [5, 5.41) is 3.45. The number of carbonyl (C=O) groups is 2. The minimum atomic E-state index is -4.12. The summed E-state index contributed by atoms with van der Waals surface area (Å²) in [6.07, 6.45) is 1.65. The van der Waals surface area contributed by atoms with Crippen LogP contribution in [0.5, 0.6) is 0 Å². The van der Waals surface area contributed by atoms with Crippen molar-refractivity contribution in [3.05, 3.63) is 95.0 Å². The fraction of sp³-hybridized carbons (Fsp3) is 0.355. The molecule has 2 atom stereocenters.